The van der Waals surface area contributed by atoms with E-state index in [1.54, 1.807) is 4.90 Å². The number of nitrogens with two attached hydrogens (primary N) is 1. The van der Waals surface area contributed by atoms with Gasteiger partial charge in [-0.15, -0.1) is 0 Å². The van der Waals surface area contributed by atoms with Gasteiger partial charge in [0.1, 0.15) is 34.6 Å². The van der Waals surface area contributed by atoms with E-state index in [1.807, 2.05) is 60.7 Å². The number of carbonyl (C=O) groups is 4. The molecule has 1 aromatic heterocycles. The van der Waals surface area contributed by atoms with Crippen molar-refractivity contribution < 1.29 is 23.9 Å². The van der Waals surface area contributed by atoms with Gasteiger partial charge in [0.25, 0.3) is 11.8 Å². The minimum atomic E-state index is -0.586. The van der Waals surface area contributed by atoms with Gasteiger partial charge in [-0.25, -0.2) is 4.68 Å². The summed E-state index contributed by atoms with van der Waals surface area (Å²) in [5.74, 6) is 2.22. The molecule has 6 aliphatic heterocycles. The standard InChI is InChI=1S/C49H59N9O5/c50-46(60)44-45(34-6-9-39(10-7-34)63-38-4-2-1-3-5-38)53-58-41(14-22-51-47(44)58)33-18-28-55(29-19-33)36-20-24-54(25-21-36)23-15-32-16-26-56(27-17-32)37-8-11-40-35(30-37)31-57(49(40)62)42-12-13-43(59)52-48(42)61/h1-11,30,32-33,36,41-42,51H,12-29,31H2,(H2,50,60)(H,52,59,61). The van der Waals surface area contributed by atoms with E-state index in [1.165, 1.54) is 38.6 Å². The molecule has 2 unspecified atom stereocenters. The number of rotatable bonds is 11. The van der Waals surface area contributed by atoms with E-state index >= 15 is 0 Å². The van der Waals surface area contributed by atoms with Gasteiger partial charge >= 0.3 is 0 Å². The van der Waals surface area contributed by atoms with Gasteiger partial charge in [-0.2, -0.15) is 5.10 Å². The van der Waals surface area contributed by atoms with Gasteiger partial charge in [0.05, 0.1) is 6.04 Å². The maximum atomic E-state index is 13.2. The first kappa shape index (κ1) is 41.3. The molecule has 0 saturated carbocycles. The highest BCUT2D eigenvalue weighted by molar-refractivity contribution is 6.06. The molecule has 4 fully saturated rings. The van der Waals surface area contributed by atoms with Gasteiger partial charge in [0.2, 0.25) is 11.8 Å². The van der Waals surface area contributed by atoms with Crippen molar-refractivity contribution in [2.75, 3.05) is 62.6 Å². The Bertz CT molecular complexity index is 2330. The van der Waals surface area contributed by atoms with Gasteiger partial charge in [-0.05, 0) is 163 Å². The largest absolute Gasteiger partial charge is 0.457 e. The molecule has 4 saturated heterocycles. The van der Waals surface area contributed by atoms with Crippen LogP contribution in [-0.4, -0.2) is 113 Å². The molecular formula is C49H59N9O5. The van der Waals surface area contributed by atoms with Crippen molar-refractivity contribution in [1.82, 2.24) is 29.8 Å². The highest BCUT2D eigenvalue weighted by Gasteiger charge is 2.40. The Hall–Kier alpha value is -5.73. The summed E-state index contributed by atoms with van der Waals surface area (Å²) in [6.07, 6.45) is 9.89. The number of nitrogens with zero attached hydrogens (tertiary/aromatic N) is 6. The molecule has 0 bridgehead atoms. The zero-order valence-electron chi connectivity index (χ0n) is 36.1. The third kappa shape index (κ3) is 8.54. The number of hydrogen-bond donors (Lipinski definition) is 3. The maximum Gasteiger partial charge on any atom is 0.255 e. The fraction of sp³-hybridized carbons (Fsp3) is 0.490. The predicted octanol–water partition coefficient (Wildman–Crippen LogP) is 6.04. The summed E-state index contributed by atoms with van der Waals surface area (Å²) in [5.41, 5.74) is 10.7. The Balaban J connectivity index is 0.673. The lowest BCUT2D eigenvalue weighted by Gasteiger charge is -2.44. The summed E-state index contributed by atoms with van der Waals surface area (Å²) >= 11 is 0. The Kier molecular flexibility index (Phi) is 11.7. The van der Waals surface area contributed by atoms with Crippen LogP contribution in [0.4, 0.5) is 11.5 Å². The van der Waals surface area contributed by atoms with Crippen molar-refractivity contribution in [1.29, 1.82) is 0 Å². The van der Waals surface area contributed by atoms with Crippen LogP contribution in [0.1, 0.15) is 96.5 Å². The van der Waals surface area contributed by atoms with E-state index < -0.39 is 11.9 Å². The highest BCUT2D eigenvalue weighted by atomic mass is 16.5. The van der Waals surface area contributed by atoms with Gasteiger partial charge in [0, 0.05) is 55.5 Å². The molecule has 0 radical (unpaired) electrons. The number of imide groups is 1. The third-order valence-electron chi connectivity index (χ3n) is 14.8. The quantitative estimate of drug-likeness (QED) is 0.152. The number of piperidine rings is 4. The van der Waals surface area contributed by atoms with Crippen LogP contribution in [0, 0.1) is 11.8 Å². The maximum absolute atomic E-state index is 13.2. The Morgan fingerprint density at radius 3 is 2.29 bits per heavy atom. The van der Waals surface area contributed by atoms with Gasteiger partial charge in [-0.3, -0.25) is 24.5 Å². The second kappa shape index (κ2) is 17.8. The van der Waals surface area contributed by atoms with Crippen molar-refractivity contribution >= 4 is 35.1 Å². The van der Waals surface area contributed by atoms with E-state index in [9.17, 15) is 19.2 Å². The van der Waals surface area contributed by atoms with E-state index in [0.29, 0.717) is 41.7 Å². The molecule has 3 aromatic carbocycles. The highest BCUT2D eigenvalue weighted by Crippen LogP contribution is 2.41. The van der Waals surface area contributed by atoms with Gasteiger partial charge < -0.3 is 35.4 Å². The van der Waals surface area contributed by atoms with Gasteiger partial charge in [0.15, 0.2) is 0 Å². The molecule has 7 heterocycles. The molecule has 330 valence electrons. The molecule has 0 spiro atoms. The minimum Gasteiger partial charge on any atom is -0.457 e. The number of hydrogen-bond acceptors (Lipinski definition) is 10. The molecular weight excluding hydrogens is 795 g/mol. The van der Waals surface area contributed by atoms with Crippen LogP contribution in [0.2, 0.25) is 0 Å². The number of amides is 4. The number of likely N-dealkylation sites (tertiary alicyclic amines) is 2. The van der Waals surface area contributed by atoms with Crippen LogP contribution in [0.3, 0.4) is 0 Å². The molecule has 4 amide bonds. The van der Waals surface area contributed by atoms with Gasteiger partial charge in [-0.1, -0.05) is 18.2 Å². The van der Waals surface area contributed by atoms with E-state index in [0.717, 1.165) is 105 Å². The zero-order chi connectivity index (χ0) is 43.0. The number of fused-ring (bicyclic) bond motifs is 2. The number of aromatic nitrogens is 2. The van der Waals surface area contributed by atoms with Crippen LogP contribution >= 0.6 is 0 Å². The van der Waals surface area contributed by atoms with Crippen molar-refractivity contribution in [3.05, 3.63) is 89.5 Å². The molecule has 6 aliphatic rings. The number of benzene rings is 3. The first-order valence-corrected chi connectivity index (χ1v) is 23.2. The minimum absolute atomic E-state index is 0.119. The summed E-state index contributed by atoms with van der Waals surface area (Å²) in [4.78, 5) is 59.7. The van der Waals surface area contributed by atoms with E-state index in [4.69, 9.17) is 15.6 Å². The lowest BCUT2D eigenvalue weighted by atomic mass is 9.85. The zero-order valence-corrected chi connectivity index (χ0v) is 36.1. The molecule has 14 heteroatoms. The van der Waals surface area contributed by atoms with Crippen molar-refractivity contribution in [3.8, 4) is 22.8 Å². The molecule has 63 heavy (non-hydrogen) atoms. The van der Waals surface area contributed by atoms with Crippen LogP contribution in [-0.2, 0) is 16.1 Å². The number of carbonyl (C=O) groups excluding carboxylic acids is 4. The monoisotopic (exact) mass is 853 g/mol. The van der Waals surface area contributed by atoms with E-state index in [2.05, 4.69) is 42.1 Å². The Morgan fingerprint density at radius 2 is 1.56 bits per heavy atom. The average molecular weight is 854 g/mol. The summed E-state index contributed by atoms with van der Waals surface area (Å²) in [6.45, 7) is 8.93. The number of para-hydroxylation sites is 1. The first-order valence-electron chi connectivity index (χ1n) is 23.2. The fourth-order valence-corrected chi connectivity index (χ4v) is 11.3. The number of anilines is 2. The molecule has 10 rings (SSSR count). The second-order valence-corrected chi connectivity index (χ2v) is 18.5. The van der Waals surface area contributed by atoms with Crippen molar-refractivity contribution in [2.24, 2.45) is 17.6 Å². The number of nitrogens with one attached hydrogen (secondary N) is 2. The van der Waals surface area contributed by atoms with E-state index in [-0.39, 0.29) is 30.2 Å². The molecule has 0 aliphatic carbocycles. The summed E-state index contributed by atoms with van der Waals surface area (Å²) < 4.78 is 8.08. The normalized spacial score (nSPS) is 23.0. The van der Waals surface area contributed by atoms with Crippen molar-refractivity contribution in [3.63, 3.8) is 0 Å². The predicted molar refractivity (Wildman–Crippen MR) is 241 cm³/mol. The smallest absolute Gasteiger partial charge is 0.255 e. The van der Waals surface area contributed by atoms with Crippen LogP contribution < -0.4 is 26.0 Å². The van der Waals surface area contributed by atoms with Crippen LogP contribution in [0.25, 0.3) is 11.3 Å². The fourth-order valence-electron chi connectivity index (χ4n) is 11.3. The lowest BCUT2D eigenvalue weighted by Crippen LogP contribution is -2.52. The Labute approximate surface area is 369 Å². The molecule has 14 nitrogen and oxygen atoms in total. The Morgan fingerprint density at radius 1 is 0.810 bits per heavy atom. The second-order valence-electron chi connectivity index (χ2n) is 18.5. The lowest BCUT2D eigenvalue weighted by molar-refractivity contribution is -0.136. The van der Waals surface area contributed by atoms with Crippen LogP contribution in [0.5, 0.6) is 11.5 Å². The third-order valence-corrected chi connectivity index (χ3v) is 14.8. The topological polar surface area (TPSA) is 158 Å². The SMILES string of the molecule is NC(=O)c1c(-c2ccc(Oc3ccccc3)cc2)nn2c1NCCC2C1CCN(C2CCN(CCC3CCN(c4ccc5c(c4)CN(C4CCC(=O)NC4=O)C5=O)CC3)CC2)CC1. The molecule has 4 N–H and O–H groups in total. The number of primary amides is 1. The molecule has 4 aromatic rings. The van der Waals surface area contributed by atoms with Crippen molar-refractivity contribution in [2.45, 2.75) is 88.9 Å². The summed E-state index contributed by atoms with van der Waals surface area (Å²) in [7, 11) is 0. The summed E-state index contributed by atoms with van der Waals surface area (Å²) in [5, 5.41) is 11.0. The first-order chi connectivity index (χ1) is 30.8. The molecule has 2 atom stereocenters. The van der Waals surface area contributed by atoms with Crippen LogP contribution in [0.15, 0.2) is 72.8 Å². The number of ether oxygens (including phenoxy) is 1. The average Bonchev–Trinajstić information content (AvgIpc) is 3.87. The summed E-state index contributed by atoms with van der Waals surface area (Å²) in [6, 6.07) is 23.8.